The number of nitrogens with one attached hydrogen (secondary N) is 1. The summed E-state index contributed by atoms with van der Waals surface area (Å²) in [4.78, 5) is 4.22. The van der Waals surface area contributed by atoms with Crippen LogP contribution in [0.3, 0.4) is 0 Å². The number of aromatic nitrogens is 2. The van der Waals surface area contributed by atoms with E-state index in [1.54, 1.807) is 6.92 Å². The third-order valence-electron chi connectivity index (χ3n) is 3.40. The second kappa shape index (κ2) is 6.96. The molecule has 1 atom stereocenters. The molecule has 2 aromatic carbocycles. The number of anilines is 1. The van der Waals surface area contributed by atoms with Gasteiger partial charge in [-0.25, -0.2) is 0 Å². The predicted octanol–water partition coefficient (Wildman–Crippen LogP) is 4.13. The van der Waals surface area contributed by atoms with Crippen LogP contribution in [0.4, 0.5) is 5.69 Å². The SMILES string of the molecule is Cc1noc([C@H](C)Nc2ccc(OCc3ccccc3)cc2)n1. The highest BCUT2D eigenvalue weighted by Gasteiger charge is 2.12. The zero-order chi connectivity index (χ0) is 16.1. The Bertz CT molecular complexity index is 738. The number of hydrogen-bond acceptors (Lipinski definition) is 5. The fourth-order valence-corrected chi connectivity index (χ4v) is 2.19. The monoisotopic (exact) mass is 309 g/mol. The molecule has 3 aromatic rings. The number of benzene rings is 2. The molecule has 1 aromatic heterocycles. The first-order valence-corrected chi connectivity index (χ1v) is 7.54. The van der Waals surface area contributed by atoms with Gasteiger partial charge in [0, 0.05) is 5.69 Å². The topological polar surface area (TPSA) is 60.2 Å². The summed E-state index contributed by atoms with van der Waals surface area (Å²) in [6.45, 7) is 4.34. The molecule has 5 nitrogen and oxygen atoms in total. The molecular formula is C18H19N3O2. The molecule has 0 bridgehead atoms. The van der Waals surface area contributed by atoms with Crippen molar-refractivity contribution in [2.24, 2.45) is 0 Å². The van der Waals surface area contributed by atoms with Crippen molar-refractivity contribution in [2.45, 2.75) is 26.5 Å². The number of aryl methyl sites for hydroxylation is 1. The lowest BCUT2D eigenvalue weighted by Crippen LogP contribution is -2.07. The lowest BCUT2D eigenvalue weighted by atomic mass is 10.2. The van der Waals surface area contributed by atoms with E-state index in [9.17, 15) is 0 Å². The summed E-state index contributed by atoms with van der Waals surface area (Å²) in [6, 6.07) is 17.9. The van der Waals surface area contributed by atoms with E-state index in [4.69, 9.17) is 9.26 Å². The van der Waals surface area contributed by atoms with E-state index in [1.807, 2.05) is 61.5 Å². The smallest absolute Gasteiger partial charge is 0.248 e. The molecule has 1 N–H and O–H groups in total. The highest BCUT2D eigenvalue weighted by Crippen LogP contribution is 2.21. The van der Waals surface area contributed by atoms with Gasteiger partial charge in [0.2, 0.25) is 5.89 Å². The number of nitrogens with zero attached hydrogens (tertiary/aromatic N) is 2. The van der Waals surface area contributed by atoms with Crippen molar-refractivity contribution < 1.29 is 9.26 Å². The molecule has 3 rings (SSSR count). The van der Waals surface area contributed by atoms with Crippen LogP contribution in [0.25, 0.3) is 0 Å². The van der Waals surface area contributed by atoms with Gasteiger partial charge in [0.25, 0.3) is 0 Å². The van der Waals surface area contributed by atoms with Crippen LogP contribution in [-0.4, -0.2) is 10.1 Å². The zero-order valence-corrected chi connectivity index (χ0v) is 13.2. The van der Waals surface area contributed by atoms with Gasteiger partial charge >= 0.3 is 0 Å². The maximum Gasteiger partial charge on any atom is 0.248 e. The Balaban J connectivity index is 1.56. The van der Waals surface area contributed by atoms with Crippen LogP contribution in [0.1, 0.15) is 30.2 Å². The maximum atomic E-state index is 5.77. The second-order valence-electron chi connectivity index (χ2n) is 5.34. The van der Waals surface area contributed by atoms with E-state index in [0.29, 0.717) is 18.3 Å². The highest BCUT2D eigenvalue weighted by atomic mass is 16.5. The molecule has 0 spiro atoms. The Hall–Kier alpha value is -2.82. The largest absolute Gasteiger partial charge is 0.489 e. The first kappa shape index (κ1) is 15.1. The van der Waals surface area contributed by atoms with Gasteiger partial charge in [0.05, 0.1) is 0 Å². The minimum atomic E-state index is -0.0488. The summed E-state index contributed by atoms with van der Waals surface area (Å²) in [6.07, 6.45) is 0. The Kier molecular flexibility index (Phi) is 4.57. The van der Waals surface area contributed by atoms with E-state index >= 15 is 0 Å². The predicted molar refractivity (Wildman–Crippen MR) is 88.3 cm³/mol. The summed E-state index contributed by atoms with van der Waals surface area (Å²) < 4.78 is 10.9. The molecule has 0 aliphatic carbocycles. The molecule has 1 heterocycles. The summed E-state index contributed by atoms with van der Waals surface area (Å²) in [5.41, 5.74) is 2.12. The summed E-state index contributed by atoms with van der Waals surface area (Å²) >= 11 is 0. The van der Waals surface area contributed by atoms with Gasteiger partial charge in [-0.3, -0.25) is 0 Å². The van der Waals surface area contributed by atoms with Gasteiger partial charge in [-0.2, -0.15) is 4.98 Å². The lowest BCUT2D eigenvalue weighted by Gasteiger charge is -2.12. The minimum Gasteiger partial charge on any atom is -0.489 e. The molecular weight excluding hydrogens is 290 g/mol. The quantitative estimate of drug-likeness (QED) is 0.742. The van der Waals surface area contributed by atoms with Crippen LogP contribution < -0.4 is 10.1 Å². The molecule has 0 aliphatic rings. The van der Waals surface area contributed by atoms with Gasteiger partial charge in [0.1, 0.15) is 18.4 Å². The van der Waals surface area contributed by atoms with E-state index < -0.39 is 0 Å². The van der Waals surface area contributed by atoms with Gasteiger partial charge in [0.15, 0.2) is 5.82 Å². The molecule has 118 valence electrons. The Labute approximate surface area is 135 Å². The van der Waals surface area contributed by atoms with Crippen LogP contribution in [0.15, 0.2) is 59.1 Å². The molecule has 0 saturated carbocycles. The van der Waals surface area contributed by atoms with Gasteiger partial charge < -0.3 is 14.6 Å². The Morgan fingerprint density at radius 3 is 2.48 bits per heavy atom. The fraction of sp³-hybridized carbons (Fsp3) is 0.222. The van der Waals surface area contributed by atoms with E-state index in [0.717, 1.165) is 17.0 Å². The Morgan fingerprint density at radius 2 is 1.83 bits per heavy atom. The van der Waals surface area contributed by atoms with Crippen LogP contribution in [0, 0.1) is 6.92 Å². The molecule has 0 fully saturated rings. The van der Waals surface area contributed by atoms with Crippen molar-refractivity contribution in [1.29, 1.82) is 0 Å². The third kappa shape index (κ3) is 4.10. The third-order valence-corrected chi connectivity index (χ3v) is 3.40. The average Bonchev–Trinajstić information content (AvgIpc) is 3.02. The second-order valence-corrected chi connectivity index (χ2v) is 5.34. The van der Waals surface area contributed by atoms with E-state index in [1.165, 1.54) is 0 Å². The normalized spacial score (nSPS) is 11.9. The maximum absolute atomic E-state index is 5.77. The standard InChI is InChI=1S/C18H19N3O2/c1-13(18-20-14(2)21-23-18)19-16-8-10-17(11-9-16)22-12-15-6-4-3-5-7-15/h3-11,13,19H,12H2,1-2H3/t13-/m0/s1. The molecule has 0 radical (unpaired) electrons. The van der Waals surface area contributed by atoms with Gasteiger partial charge in [-0.05, 0) is 43.7 Å². The van der Waals surface area contributed by atoms with Crippen LogP contribution >= 0.6 is 0 Å². The van der Waals surface area contributed by atoms with Crippen molar-refractivity contribution in [3.05, 3.63) is 71.9 Å². The van der Waals surface area contributed by atoms with Crippen LogP contribution in [-0.2, 0) is 6.61 Å². The average molecular weight is 309 g/mol. The van der Waals surface area contributed by atoms with Crippen molar-refractivity contribution >= 4 is 5.69 Å². The fourth-order valence-electron chi connectivity index (χ4n) is 2.19. The Morgan fingerprint density at radius 1 is 1.09 bits per heavy atom. The summed E-state index contributed by atoms with van der Waals surface area (Å²) in [5, 5.41) is 7.12. The molecule has 0 saturated heterocycles. The molecule has 0 aliphatic heterocycles. The van der Waals surface area contributed by atoms with E-state index in [2.05, 4.69) is 15.5 Å². The van der Waals surface area contributed by atoms with Gasteiger partial charge in [-0.1, -0.05) is 35.5 Å². The first-order chi connectivity index (χ1) is 11.2. The number of ether oxygens (including phenoxy) is 1. The van der Waals surface area contributed by atoms with Crippen molar-refractivity contribution in [2.75, 3.05) is 5.32 Å². The summed E-state index contributed by atoms with van der Waals surface area (Å²) in [7, 11) is 0. The van der Waals surface area contributed by atoms with Crippen molar-refractivity contribution in [3.63, 3.8) is 0 Å². The first-order valence-electron chi connectivity index (χ1n) is 7.54. The van der Waals surface area contributed by atoms with Gasteiger partial charge in [-0.15, -0.1) is 0 Å². The molecule has 5 heteroatoms. The lowest BCUT2D eigenvalue weighted by molar-refractivity contribution is 0.306. The minimum absolute atomic E-state index is 0.0488. The van der Waals surface area contributed by atoms with Crippen LogP contribution in [0.2, 0.25) is 0 Å². The summed E-state index contributed by atoms with van der Waals surface area (Å²) in [5.74, 6) is 2.05. The zero-order valence-electron chi connectivity index (χ0n) is 13.2. The number of rotatable bonds is 6. The van der Waals surface area contributed by atoms with E-state index in [-0.39, 0.29) is 6.04 Å². The van der Waals surface area contributed by atoms with Crippen molar-refractivity contribution in [3.8, 4) is 5.75 Å². The highest BCUT2D eigenvalue weighted by molar-refractivity contribution is 5.47. The molecule has 0 amide bonds. The van der Waals surface area contributed by atoms with Crippen LogP contribution in [0.5, 0.6) is 5.75 Å². The van der Waals surface area contributed by atoms with Crippen molar-refractivity contribution in [1.82, 2.24) is 10.1 Å². The molecule has 0 unspecified atom stereocenters. The molecule has 23 heavy (non-hydrogen) atoms. The number of hydrogen-bond donors (Lipinski definition) is 1.